The standard InChI is InChI=1S/C15H11FN2O3/c1-21-14-6-9(8-17)2-5-13(14)18-15(20)11-4-3-10(19)7-12(11)16/h2-7,19H,1H3,(H,18,20). The molecule has 0 aliphatic rings. The van der Waals surface area contributed by atoms with Gasteiger partial charge in [-0.2, -0.15) is 5.26 Å². The zero-order valence-corrected chi connectivity index (χ0v) is 11.1. The number of nitriles is 1. The summed E-state index contributed by atoms with van der Waals surface area (Å²) < 4.78 is 18.7. The first-order valence-electron chi connectivity index (χ1n) is 5.93. The van der Waals surface area contributed by atoms with E-state index in [9.17, 15) is 9.18 Å². The summed E-state index contributed by atoms with van der Waals surface area (Å²) >= 11 is 0. The molecule has 0 unspecified atom stereocenters. The van der Waals surface area contributed by atoms with Crippen molar-refractivity contribution in [2.75, 3.05) is 12.4 Å². The van der Waals surface area contributed by atoms with Crippen molar-refractivity contribution in [1.29, 1.82) is 5.26 Å². The van der Waals surface area contributed by atoms with Crippen LogP contribution < -0.4 is 10.1 Å². The minimum absolute atomic E-state index is 0.209. The van der Waals surface area contributed by atoms with E-state index in [-0.39, 0.29) is 11.3 Å². The number of carbonyl (C=O) groups excluding carboxylic acids is 1. The number of hydrogen-bond acceptors (Lipinski definition) is 4. The summed E-state index contributed by atoms with van der Waals surface area (Å²) in [6, 6.07) is 9.65. The molecular formula is C15H11FN2O3. The van der Waals surface area contributed by atoms with E-state index in [1.807, 2.05) is 6.07 Å². The van der Waals surface area contributed by atoms with Gasteiger partial charge in [-0.05, 0) is 24.3 Å². The van der Waals surface area contributed by atoms with Crippen molar-refractivity contribution >= 4 is 11.6 Å². The van der Waals surface area contributed by atoms with Gasteiger partial charge >= 0.3 is 0 Å². The summed E-state index contributed by atoms with van der Waals surface area (Å²) in [5.41, 5.74) is 0.480. The molecule has 0 aromatic heterocycles. The van der Waals surface area contributed by atoms with Crippen LogP contribution in [0.15, 0.2) is 36.4 Å². The van der Waals surface area contributed by atoms with Gasteiger partial charge < -0.3 is 15.2 Å². The first-order valence-corrected chi connectivity index (χ1v) is 5.93. The van der Waals surface area contributed by atoms with Gasteiger partial charge in [0.15, 0.2) is 0 Å². The molecule has 1 amide bonds. The van der Waals surface area contributed by atoms with Crippen LogP contribution in [-0.2, 0) is 0 Å². The number of phenolic OH excluding ortho intramolecular Hbond substituents is 1. The number of ether oxygens (including phenoxy) is 1. The lowest BCUT2D eigenvalue weighted by molar-refractivity contribution is 0.102. The molecule has 2 N–H and O–H groups in total. The minimum Gasteiger partial charge on any atom is -0.508 e. The van der Waals surface area contributed by atoms with Crippen molar-refractivity contribution < 1.29 is 19.0 Å². The number of methoxy groups -OCH3 is 1. The van der Waals surface area contributed by atoms with Crippen molar-refractivity contribution in [2.45, 2.75) is 0 Å². The highest BCUT2D eigenvalue weighted by molar-refractivity contribution is 6.05. The normalized spacial score (nSPS) is 9.76. The molecule has 6 heteroatoms. The van der Waals surface area contributed by atoms with Crippen LogP contribution in [0.5, 0.6) is 11.5 Å². The average Bonchev–Trinajstić information content (AvgIpc) is 2.47. The molecule has 0 aliphatic heterocycles. The molecule has 106 valence electrons. The molecule has 0 spiro atoms. The van der Waals surface area contributed by atoms with Crippen LogP contribution in [0.1, 0.15) is 15.9 Å². The zero-order valence-electron chi connectivity index (χ0n) is 11.1. The fourth-order valence-corrected chi connectivity index (χ4v) is 1.74. The van der Waals surface area contributed by atoms with Crippen LogP contribution in [0.3, 0.4) is 0 Å². The van der Waals surface area contributed by atoms with Gasteiger partial charge in [-0.15, -0.1) is 0 Å². The topological polar surface area (TPSA) is 82.3 Å². The Kier molecular flexibility index (Phi) is 4.05. The zero-order chi connectivity index (χ0) is 15.4. The second-order valence-electron chi connectivity index (χ2n) is 4.15. The molecule has 0 aliphatic carbocycles. The van der Waals surface area contributed by atoms with E-state index in [0.717, 1.165) is 6.07 Å². The largest absolute Gasteiger partial charge is 0.508 e. The lowest BCUT2D eigenvalue weighted by Crippen LogP contribution is -2.14. The average molecular weight is 286 g/mol. The number of carbonyl (C=O) groups is 1. The molecule has 21 heavy (non-hydrogen) atoms. The Hall–Kier alpha value is -3.07. The Morgan fingerprint density at radius 1 is 1.33 bits per heavy atom. The smallest absolute Gasteiger partial charge is 0.258 e. The first kappa shape index (κ1) is 14.3. The van der Waals surface area contributed by atoms with Crippen molar-refractivity contribution in [3.8, 4) is 17.6 Å². The van der Waals surface area contributed by atoms with Crippen LogP contribution in [0.25, 0.3) is 0 Å². The number of nitrogens with one attached hydrogen (secondary N) is 1. The Morgan fingerprint density at radius 3 is 2.71 bits per heavy atom. The number of amides is 1. The van der Waals surface area contributed by atoms with Crippen LogP contribution >= 0.6 is 0 Å². The molecule has 0 saturated carbocycles. The Labute approximate surface area is 120 Å². The molecule has 0 atom stereocenters. The quantitative estimate of drug-likeness (QED) is 0.908. The van der Waals surface area contributed by atoms with Gasteiger partial charge in [0.1, 0.15) is 17.3 Å². The third-order valence-electron chi connectivity index (χ3n) is 2.78. The van der Waals surface area contributed by atoms with Gasteiger partial charge in [-0.3, -0.25) is 4.79 Å². The van der Waals surface area contributed by atoms with Gasteiger partial charge in [0.05, 0.1) is 30.0 Å². The van der Waals surface area contributed by atoms with Gasteiger partial charge in [0.25, 0.3) is 5.91 Å². The van der Waals surface area contributed by atoms with Crippen molar-refractivity contribution in [2.24, 2.45) is 0 Å². The van der Waals surface area contributed by atoms with Crippen LogP contribution in [-0.4, -0.2) is 18.1 Å². The summed E-state index contributed by atoms with van der Waals surface area (Å²) in [7, 11) is 1.40. The van der Waals surface area contributed by atoms with E-state index in [1.165, 1.54) is 37.4 Å². The summed E-state index contributed by atoms with van der Waals surface area (Å²) in [4.78, 5) is 12.0. The molecule has 0 saturated heterocycles. The number of hydrogen-bond donors (Lipinski definition) is 2. The summed E-state index contributed by atoms with van der Waals surface area (Å²) in [5.74, 6) is -1.49. The number of nitrogens with zero attached hydrogens (tertiary/aromatic N) is 1. The first-order chi connectivity index (χ1) is 10.0. The molecule has 0 bridgehead atoms. The van der Waals surface area contributed by atoms with Crippen LogP contribution in [0.4, 0.5) is 10.1 Å². The van der Waals surface area contributed by atoms with E-state index in [1.54, 1.807) is 0 Å². The number of aromatic hydroxyl groups is 1. The maximum Gasteiger partial charge on any atom is 0.258 e. The van der Waals surface area contributed by atoms with Crippen molar-refractivity contribution in [3.05, 3.63) is 53.3 Å². The second kappa shape index (κ2) is 5.92. The van der Waals surface area contributed by atoms with E-state index in [4.69, 9.17) is 15.1 Å². The van der Waals surface area contributed by atoms with Gasteiger partial charge in [0.2, 0.25) is 0 Å². The summed E-state index contributed by atoms with van der Waals surface area (Å²) in [6.07, 6.45) is 0. The van der Waals surface area contributed by atoms with E-state index in [0.29, 0.717) is 17.0 Å². The maximum absolute atomic E-state index is 13.6. The fraction of sp³-hybridized carbons (Fsp3) is 0.0667. The molecule has 5 nitrogen and oxygen atoms in total. The van der Waals surface area contributed by atoms with Gasteiger partial charge in [0, 0.05) is 12.1 Å². The monoisotopic (exact) mass is 286 g/mol. The third-order valence-corrected chi connectivity index (χ3v) is 2.78. The number of halogens is 1. The second-order valence-corrected chi connectivity index (χ2v) is 4.15. The van der Waals surface area contributed by atoms with E-state index in [2.05, 4.69) is 5.32 Å². The highest BCUT2D eigenvalue weighted by Gasteiger charge is 2.14. The number of phenols is 1. The van der Waals surface area contributed by atoms with Crippen molar-refractivity contribution in [1.82, 2.24) is 0 Å². The molecule has 2 aromatic rings. The summed E-state index contributed by atoms with van der Waals surface area (Å²) in [5, 5.41) is 20.4. The molecule has 2 rings (SSSR count). The SMILES string of the molecule is COc1cc(C#N)ccc1NC(=O)c1ccc(O)cc1F. The number of rotatable bonds is 3. The predicted octanol–water partition coefficient (Wildman–Crippen LogP) is 2.66. The molecule has 2 aromatic carbocycles. The summed E-state index contributed by atoms with van der Waals surface area (Å²) in [6.45, 7) is 0. The van der Waals surface area contributed by atoms with Crippen LogP contribution in [0.2, 0.25) is 0 Å². The van der Waals surface area contributed by atoms with Crippen molar-refractivity contribution in [3.63, 3.8) is 0 Å². The Bertz CT molecular complexity index is 738. The molecule has 0 radical (unpaired) electrons. The Morgan fingerprint density at radius 2 is 2.10 bits per heavy atom. The maximum atomic E-state index is 13.6. The molecule has 0 heterocycles. The molecular weight excluding hydrogens is 275 g/mol. The third kappa shape index (κ3) is 3.09. The van der Waals surface area contributed by atoms with Gasteiger partial charge in [-0.1, -0.05) is 0 Å². The van der Waals surface area contributed by atoms with E-state index >= 15 is 0 Å². The highest BCUT2D eigenvalue weighted by atomic mass is 19.1. The number of benzene rings is 2. The molecule has 0 fully saturated rings. The van der Waals surface area contributed by atoms with Gasteiger partial charge in [-0.25, -0.2) is 4.39 Å². The Balaban J connectivity index is 2.29. The number of anilines is 1. The minimum atomic E-state index is -0.833. The van der Waals surface area contributed by atoms with E-state index < -0.39 is 11.7 Å². The lowest BCUT2D eigenvalue weighted by Gasteiger charge is -2.11. The lowest BCUT2D eigenvalue weighted by atomic mass is 10.1. The van der Waals surface area contributed by atoms with Crippen LogP contribution in [0, 0.1) is 17.1 Å². The highest BCUT2D eigenvalue weighted by Crippen LogP contribution is 2.26. The predicted molar refractivity (Wildman–Crippen MR) is 73.7 cm³/mol. The fourth-order valence-electron chi connectivity index (χ4n) is 1.74.